The zero-order valence-corrected chi connectivity index (χ0v) is 20.3. The first-order chi connectivity index (χ1) is 15.5. The van der Waals surface area contributed by atoms with Crippen molar-refractivity contribution in [1.29, 1.82) is 0 Å². The molecule has 3 aliphatic rings. The number of aliphatic hydroxyl groups is 2. The minimum Gasteiger partial charge on any atom is -0.392 e. The van der Waals surface area contributed by atoms with Gasteiger partial charge in [-0.05, 0) is 69.2 Å². The van der Waals surface area contributed by atoms with Gasteiger partial charge < -0.3 is 20.4 Å². The number of carbonyl (C=O) groups is 1. The van der Waals surface area contributed by atoms with Gasteiger partial charge in [0.1, 0.15) is 0 Å². The quantitative estimate of drug-likeness (QED) is 0.312. The summed E-state index contributed by atoms with van der Waals surface area (Å²) in [6.07, 6.45) is 16.4. The first-order valence-electron chi connectivity index (χ1n) is 13.2. The van der Waals surface area contributed by atoms with Crippen LogP contribution >= 0.6 is 0 Å². The number of nitrogens with one attached hydrogen (secondary N) is 1. The van der Waals surface area contributed by atoms with E-state index in [1.165, 1.54) is 31.3 Å². The molecule has 1 saturated carbocycles. The highest BCUT2D eigenvalue weighted by atomic mass is 16.3. The third-order valence-corrected chi connectivity index (χ3v) is 7.81. The van der Waals surface area contributed by atoms with Crippen molar-refractivity contribution in [2.24, 2.45) is 23.7 Å². The van der Waals surface area contributed by atoms with Gasteiger partial charge in [-0.25, -0.2) is 0 Å². The Kier molecular flexibility index (Phi) is 10.3. The molecule has 5 nitrogen and oxygen atoms in total. The second-order valence-corrected chi connectivity index (χ2v) is 10.5. The van der Waals surface area contributed by atoms with E-state index in [0.717, 1.165) is 58.2 Å². The lowest BCUT2D eigenvalue weighted by atomic mass is 9.88. The summed E-state index contributed by atoms with van der Waals surface area (Å²) in [4.78, 5) is 14.3. The highest BCUT2D eigenvalue weighted by Gasteiger charge is 2.43. The maximum atomic E-state index is 12.3. The van der Waals surface area contributed by atoms with Gasteiger partial charge >= 0.3 is 0 Å². The van der Waals surface area contributed by atoms with E-state index in [0.29, 0.717) is 24.3 Å². The highest BCUT2D eigenvalue weighted by molar-refractivity contribution is 5.78. The van der Waals surface area contributed by atoms with Crippen LogP contribution in [0, 0.1) is 23.7 Å². The number of aliphatic hydroxyl groups excluding tert-OH is 2. The largest absolute Gasteiger partial charge is 0.392 e. The molecule has 1 saturated heterocycles. The average molecular weight is 447 g/mol. The Hall–Kier alpha value is -1.17. The summed E-state index contributed by atoms with van der Waals surface area (Å²) < 4.78 is 0. The molecule has 3 N–H and O–H groups in total. The molecule has 6 atom stereocenters. The van der Waals surface area contributed by atoms with Crippen molar-refractivity contribution in [1.82, 2.24) is 10.2 Å². The minimum atomic E-state index is -0.413. The number of nitrogens with zero attached hydrogens (tertiary/aromatic N) is 1. The van der Waals surface area contributed by atoms with Gasteiger partial charge in [0.05, 0.1) is 18.8 Å². The van der Waals surface area contributed by atoms with E-state index in [-0.39, 0.29) is 17.9 Å². The number of amides is 1. The molecule has 0 aromatic carbocycles. The monoisotopic (exact) mass is 446 g/mol. The van der Waals surface area contributed by atoms with E-state index >= 15 is 0 Å². The van der Waals surface area contributed by atoms with Crippen molar-refractivity contribution in [2.75, 3.05) is 26.2 Å². The zero-order valence-electron chi connectivity index (χ0n) is 20.3. The van der Waals surface area contributed by atoms with E-state index in [4.69, 9.17) is 0 Å². The first-order valence-corrected chi connectivity index (χ1v) is 13.2. The molecule has 0 spiro atoms. The van der Waals surface area contributed by atoms with Crippen molar-refractivity contribution in [3.05, 3.63) is 23.8 Å². The Morgan fingerprint density at radius 2 is 2.09 bits per heavy atom. The van der Waals surface area contributed by atoms with Crippen LogP contribution in [0.5, 0.6) is 0 Å². The minimum absolute atomic E-state index is 0.142. The zero-order chi connectivity index (χ0) is 22.9. The molecule has 5 heteroatoms. The van der Waals surface area contributed by atoms with Gasteiger partial charge in [-0.1, -0.05) is 56.9 Å². The lowest BCUT2D eigenvalue weighted by Gasteiger charge is -2.26. The molecule has 32 heavy (non-hydrogen) atoms. The van der Waals surface area contributed by atoms with Crippen LogP contribution in [0.4, 0.5) is 0 Å². The second-order valence-electron chi connectivity index (χ2n) is 10.5. The summed E-state index contributed by atoms with van der Waals surface area (Å²) in [6, 6.07) is 0. The van der Waals surface area contributed by atoms with Gasteiger partial charge in [0.25, 0.3) is 0 Å². The third-order valence-electron chi connectivity index (χ3n) is 7.81. The first kappa shape index (κ1) is 25.5. The van der Waals surface area contributed by atoms with Crippen molar-refractivity contribution < 1.29 is 15.0 Å². The fourth-order valence-corrected chi connectivity index (χ4v) is 5.91. The summed E-state index contributed by atoms with van der Waals surface area (Å²) in [7, 11) is 0. The second kappa shape index (κ2) is 12.9. The maximum Gasteiger partial charge on any atom is 0.236 e. The third kappa shape index (κ3) is 7.43. The number of hydrogen-bond acceptors (Lipinski definition) is 4. The molecule has 182 valence electrons. The molecule has 0 aromatic rings. The summed E-state index contributed by atoms with van der Waals surface area (Å²) in [6.45, 7) is 7.53. The molecule has 2 fully saturated rings. The lowest BCUT2D eigenvalue weighted by molar-refractivity contribution is -0.131. The number of likely N-dealkylation sites (tertiary alicyclic amines) is 1. The van der Waals surface area contributed by atoms with Crippen LogP contribution in [0.25, 0.3) is 0 Å². The Morgan fingerprint density at radius 1 is 1.31 bits per heavy atom. The summed E-state index contributed by atoms with van der Waals surface area (Å²) >= 11 is 0. The lowest BCUT2D eigenvalue weighted by Crippen LogP contribution is -2.41. The Labute approximate surface area is 195 Å². The number of allylic oxidation sites excluding steroid dienone is 1. The molecular weight excluding hydrogens is 400 g/mol. The van der Waals surface area contributed by atoms with Crippen molar-refractivity contribution >= 4 is 5.91 Å². The Morgan fingerprint density at radius 3 is 2.84 bits per heavy atom. The van der Waals surface area contributed by atoms with E-state index in [9.17, 15) is 15.0 Å². The van der Waals surface area contributed by atoms with Crippen molar-refractivity contribution in [3.63, 3.8) is 0 Å². The molecule has 0 bridgehead atoms. The molecule has 0 unspecified atom stereocenters. The van der Waals surface area contributed by atoms with Crippen LogP contribution in [0.2, 0.25) is 0 Å². The summed E-state index contributed by atoms with van der Waals surface area (Å²) in [5.41, 5.74) is 1.46. The molecule has 3 rings (SSSR count). The number of fused-ring (bicyclic) bond motifs is 1. The number of unbranched alkanes of at least 4 members (excludes halogenated alkanes) is 1. The van der Waals surface area contributed by atoms with E-state index < -0.39 is 6.10 Å². The van der Waals surface area contributed by atoms with E-state index in [1.54, 1.807) is 0 Å². The number of piperidine rings is 1. The molecule has 1 aliphatic heterocycles. The molecule has 0 radical (unpaired) electrons. The smallest absolute Gasteiger partial charge is 0.236 e. The van der Waals surface area contributed by atoms with E-state index in [1.807, 2.05) is 11.0 Å². The predicted octanol–water partition coefficient (Wildman–Crippen LogP) is 4.06. The van der Waals surface area contributed by atoms with E-state index in [2.05, 4.69) is 31.3 Å². The van der Waals surface area contributed by atoms with Crippen LogP contribution in [0.3, 0.4) is 0 Å². The number of carbonyl (C=O) groups excluding carboxylic acids is 1. The summed E-state index contributed by atoms with van der Waals surface area (Å²) in [5, 5.41) is 24.3. The molecule has 0 aromatic heterocycles. The SMILES string of the molecule is CCCC[C@H](C)C[C@H](O)/C=C/[C@@H]1[C@H]2CC(CCNCC(=O)N3CCCCC3)=C[C@H]2C[C@H]1O. The predicted molar refractivity (Wildman–Crippen MR) is 130 cm³/mol. The van der Waals surface area contributed by atoms with Gasteiger partial charge in [-0.15, -0.1) is 0 Å². The Balaban J connectivity index is 1.38. The van der Waals surface area contributed by atoms with Crippen LogP contribution in [-0.2, 0) is 4.79 Å². The molecule has 1 heterocycles. The van der Waals surface area contributed by atoms with Crippen LogP contribution < -0.4 is 5.32 Å². The fourth-order valence-electron chi connectivity index (χ4n) is 5.91. The molecule has 1 amide bonds. The van der Waals surface area contributed by atoms with Crippen LogP contribution in [0.1, 0.15) is 78.1 Å². The van der Waals surface area contributed by atoms with Crippen molar-refractivity contribution in [3.8, 4) is 0 Å². The highest BCUT2D eigenvalue weighted by Crippen LogP contribution is 2.47. The Bertz CT molecular complexity index is 641. The molecular formula is C27H46N2O3. The van der Waals surface area contributed by atoms with Gasteiger partial charge in [0.15, 0.2) is 0 Å². The normalized spacial score (nSPS) is 29.9. The molecule has 2 aliphatic carbocycles. The van der Waals surface area contributed by atoms with Gasteiger partial charge in [-0.2, -0.15) is 0 Å². The van der Waals surface area contributed by atoms with Gasteiger partial charge in [0, 0.05) is 19.0 Å². The van der Waals surface area contributed by atoms with Crippen molar-refractivity contribution in [2.45, 2.75) is 90.3 Å². The fraction of sp³-hybridized carbons (Fsp3) is 0.815. The topological polar surface area (TPSA) is 72.8 Å². The van der Waals surface area contributed by atoms with Gasteiger partial charge in [-0.3, -0.25) is 4.79 Å². The van der Waals surface area contributed by atoms with Gasteiger partial charge in [0.2, 0.25) is 5.91 Å². The van der Waals surface area contributed by atoms with Crippen LogP contribution in [-0.4, -0.2) is 59.4 Å². The summed E-state index contributed by atoms with van der Waals surface area (Å²) in [5.74, 6) is 1.81. The number of rotatable bonds is 12. The number of hydrogen-bond donors (Lipinski definition) is 3. The standard InChI is InChI=1S/C27H46N2O3/c1-3-4-8-20(2)15-23(30)9-10-24-25-17-21(16-22(25)18-26(24)31)11-12-28-19-27(32)29-13-6-5-7-14-29/h9-10,16,20,22-26,28,30-31H,3-8,11-15,17-19H2,1-2H3/b10-9+/t20-,22-,23+,24+,25-,26+/m0/s1. The van der Waals surface area contributed by atoms with Crippen LogP contribution in [0.15, 0.2) is 23.8 Å². The maximum absolute atomic E-state index is 12.3. The average Bonchev–Trinajstić information content (AvgIpc) is 3.30.